The van der Waals surface area contributed by atoms with Crippen LogP contribution in [0.25, 0.3) is 0 Å². The van der Waals surface area contributed by atoms with Crippen molar-refractivity contribution >= 4 is 12.4 Å². The molecule has 1 aromatic rings. The predicted molar refractivity (Wildman–Crippen MR) is 55.8 cm³/mol. The lowest BCUT2D eigenvalue weighted by Crippen LogP contribution is -2.11. The average Bonchev–Trinajstić information content (AvgIpc) is 2.14. The Labute approximate surface area is 96.4 Å². The quantitative estimate of drug-likeness (QED) is 0.636. The summed E-state index contributed by atoms with van der Waals surface area (Å²) in [7, 11) is 0. The largest absolute Gasteiger partial charge is 0.416 e. The van der Waals surface area contributed by atoms with E-state index in [0.29, 0.717) is 6.07 Å². The molecule has 0 fully saturated rings. The SMILES string of the molecule is C=C[C@H](N)c1cc(F)cc(C(F)(F)F)c1.Cl. The van der Waals surface area contributed by atoms with Crippen LogP contribution in [0.2, 0.25) is 0 Å². The molecular formula is C10H10ClF4N. The minimum Gasteiger partial charge on any atom is -0.321 e. The Hall–Kier alpha value is -1.07. The molecule has 0 spiro atoms. The van der Waals surface area contributed by atoms with E-state index in [-0.39, 0.29) is 18.0 Å². The topological polar surface area (TPSA) is 26.0 Å². The fourth-order valence-electron chi connectivity index (χ4n) is 1.10. The molecule has 1 aromatic carbocycles. The number of rotatable bonds is 2. The number of nitrogens with two attached hydrogens (primary N) is 1. The second-order valence-corrected chi connectivity index (χ2v) is 3.03. The molecule has 0 unspecified atom stereocenters. The summed E-state index contributed by atoms with van der Waals surface area (Å²) < 4.78 is 49.7. The van der Waals surface area contributed by atoms with Gasteiger partial charge in [-0.15, -0.1) is 19.0 Å². The molecule has 90 valence electrons. The van der Waals surface area contributed by atoms with Gasteiger partial charge in [-0.25, -0.2) is 4.39 Å². The molecule has 0 aromatic heterocycles. The standard InChI is InChI=1S/C10H9F4N.ClH/c1-2-9(15)6-3-7(10(12,13)14)5-8(11)4-6;/h2-5,9H,1,15H2;1H/t9-;/m0./s1. The molecule has 0 aliphatic heterocycles. The molecule has 16 heavy (non-hydrogen) atoms. The Morgan fingerprint density at radius 3 is 2.25 bits per heavy atom. The average molecular weight is 256 g/mol. The molecule has 2 N–H and O–H groups in total. The van der Waals surface area contributed by atoms with Gasteiger partial charge < -0.3 is 5.73 Å². The molecule has 0 amide bonds. The van der Waals surface area contributed by atoms with Gasteiger partial charge in [-0.1, -0.05) is 6.08 Å². The van der Waals surface area contributed by atoms with Crippen LogP contribution in [0, 0.1) is 5.82 Å². The van der Waals surface area contributed by atoms with Gasteiger partial charge in [-0.2, -0.15) is 13.2 Å². The highest BCUT2D eigenvalue weighted by Gasteiger charge is 2.31. The van der Waals surface area contributed by atoms with Crippen molar-refractivity contribution in [3.8, 4) is 0 Å². The van der Waals surface area contributed by atoms with Gasteiger partial charge in [-0.05, 0) is 23.8 Å². The molecule has 0 bridgehead atoms. The third kappa shape index (κ3) is 3.50. The van der Waals surface area contributed by atoms with Crippen molar-refractivity contribution in [3.05, 3.63) is 47.8 Å². The molecule has 0 saturated carbocycles. The lowest BCUT2D eigenvalue weighted by Gasteiger charge is -2.11. The maximum atomic E-state index is 12.9. The van der Waals surface area contributed by atoms with Gasteiger partial charge in [0, 0.05) is 6.04 Å². The van der Waals surface area contributed by atoms with E-state index in [1.165, 1.54) is 6.08 Å². The van der Waals surface area contributed by atoms with Crippen LogP contribution in [0.4, 0.5) is 17.6 Å². The van der Waals surface area contributed by atoms with Gasteiger partial charge in [0.25, 0.3) is 0 Å². The second kappa shape index (κ2) is 5.32. The number of hydrogen-bond donors (Lipinski definition) is 1. The third-order valence-electron chi connectivity index (χ3n) is 1.89. The van der Waals surface area contributed by atoms with Crippen molar-refractivity contribution in [2.75, 3.05) is 0 Å². The third-order valence-corrected chi connectivity index (χ3v) is 1.89. The minimum atomic E-state index is -4.57. The molecule has 0 radical (unpaired) electrons. The van der Waals surface area contributed by atoms with Crippen molar-refractivity contribution in [1.82, 2.24) is 0 Å². The van der Waals surface area contributed by atoms with Crippen molar-refractivity contribution in [3.63, 3.8) is 0 Å². The van der Waals surface area contributed by atoms with Crippen LogP contribution >= 0.6 is 12.4 Å². The summed E-state index contributed by atoms with van der Waals surface area (Å²) in [6, 6.07) is 1.40. The van der Waals surface area contributed by atoms with Gasteiger partial charge in [-0.3, -0.25) is 0 Å². The van der Waals surface area contributed by atoms with Crippen molar-refractivity contribution in [2.24, 2.45) is 5.73 Å². The van der Waals surface area contributed by atoms with E-state index in [4.69, 9.17) is 5.73 Å². The normalized spacial score (nSPS) is 12.8. The monoisotopic (exact) mass is 255 g/mol. The Morgan fingerprint density at radius 1 is 1.25 bits per heavy atom. The first-order valence-electron chi connectivity index (χ1n) is 4.10. The Morgan fingerprint density at radius 2 is 1.81 bits per heavy atom. The number of hydrogen-bond acceptors (Lipinski definition) is 1. The van der Waals surface area contributed by atoms with Crippen LogP contribution in [-0.4, -0.2) is 0 Å². The molecular weight excluding hydrogens is 246 g/mol. The summed E-state index contributed by atoms with van der Waals surface area (Å²) in [6.07, 6.45) is -3.33. The van der Waals surface area contributed by atoms with Gasteiger partial charge in [0.15, 0.2) is 0 Å². The van der Waals surface area contributed by atoms with E-state index in [9.17, 15) is 17.6 Å². The van der Waals surface area contributed by atoms with E-state index in [1.807, 2.05) is 0 Å². The van der Waals surface area contributed by atoms with Gasteiger partial charge >= 0.3 is 6.18 Å². The summed E-state index contributed by atoms with van der Waals surface area (Å²) >= 11 is 0. The second-order valence-electron chi connectivity index (χ2n) is 3.03. The predicted octanol–water partition coefficient (Wildman–Crippen LogP) is 3.45. The molecule has 0 saturated heterocycles. The minimum absolute atomic E-state index is 0. The lowest BCUT2D eigenvalue weighted by molar-refractivity contribution is -0.137. The zero-order valence-corrected chi connectivity index (χ0v) is 8.91. The zero-order valence-electron chi connectivity index (χ0n) is 8.09. The zero-order chi connectivity index (χ0) is 11.6. The van der Waals surface area contributed by atoms with E-state index in [0.717, 1.165) is 12.1 Å². The highest BCUT2D eigenvalue weighted by Crippen LogP contribution is 2.31. The molecule has 1 nitrogen and oxygen atoms in total. The van der Waals surface area contributed by atoms with E-state index < -0.39 is 23.6 Å². The molecule has 0 heterocycles. The Bertz CT molecular complexity index is 376. The Kier molecular flexibility index (Phi) is 4.96. The smallest absolute Gasteiger partial charge is 0.321 e. The van der Waals surface area contributed by atoms with Crippen LogP contribution < -0.4 is 5.73 Å². The molecule has 0 aliphatic rings. The summed E-state index contributed by atoms with van der Waals surface area (Å²) in [5.41, 5.74) is 4.43. The number of benzene rings is 1. The lowest BCUT2D eigenvalue weighted by atomic mass is 10.0. The summed E-state index contributed by atoms with van der Waals surface area (Å²) in [5.74, 6) is -0.961. The number of halogens is 5. The first-order valence-corrected chi connectivity index (χ1v) is 4.10. The fourth-order valence-corrected chi connectivity index (χ4v) is 1.10. The number of alkyl halides is 3. The highest BCUT2D eigenvalue weighted by atomic mass is 35.5. The van der Waals surface area contributed by atoms with Crippen molar-refractivity contribution in [1.29, 1.82) is 0 Å². The first-order chi connectivity index (χ1) is 6.84. The maximum Gasteiger partial charge on any atom is 0.416 e. The Balaban J connectivity index is 0.00000225. The van der Waals surface area contributed by atoms with Crippen LogP contribution in [0.5, 0.6) is 0 Å². The van der Waals surface area contributed by atoms with E-state index in [1.54, 1.807) is 0 Å². The van der Waals surface area contributed by atoms with Crippen LogP contribution in [0.15, 0.2) is 30.9 Å². The fraction of sp³-hybridized carbons (Fsp3) is 0.200. The van der Waals surface area contributed by atoms with Crippen LogP contribution in [-0.2, 0) is 6.18 Å². The van der Waals surface area contributed by atoms with Crippen LogP contribution in [0.3, 0.4) is 0 Å². The maximum absolute atomic E-state index is 12.9. The summed E-state index contributed by atoms with van der Waals surface area (Å²) in [6.45, 7) is 3.33. The summed E-state index contributed by atoms with van der Waals surface area (Å²) in [4.78, 5) is 0. The van der Waals surface area contributed by atoms with Crippen molar-refractivity contribution < 1.29 is 17.6 Å². The molecule has 1 rings (SSSR count). The molecule has 6 heteroatoms. The molecule has 1 atom stereocenters. The first kappa shape index (κ1) is 14.9. The van der Waals surface area contributed by atoms with Crippen molar-refractivity contribution in [2.45, 2.75) is 12.2 Å². The van der Waals surface area contributed by atoms with Crippen LogP contribution in [0.1, 0.15) is 17.2 Å². The van der Waals surface area contributed by atoms with Gasteiger partial charge in [0.05, 0.1) is 5.56 Å². The highest BCUT2D eigenvalue weighted by molar-refractivity contribution is 5.85. The van der Waals surface area contributed by atoms with E-state index >= 15 is 0 Å². The van der Waals surface area contributed by atoms with E-state index in [2.05, 4.69) is 6.58 Å². The van der Waals surface area contributed by atoms with Gasteiger partial charge in [0.2, 0.25) is 0 Å². The van der Waals surface area contributed by atoms with Gasteiger partial charge in [0.1, 0.15) is 5.82 Å². The molecule has 0 aliphatic carbocycles. The summed E-state index contributed by atoms with van der Waals surface area (Å²) in [5, 5.41) is 0.